The van der Waals surface area contributed by atoms with Crippen LogP contribution in [0.15, 0.2) is 42.5 Å². The van der Waals surface area contributed by atoms with E-state index in [0.717, 1.165) is 17.0 Å². The summed E-state index contributed by atoms with van der Waals surface area (Å²) in [5, 5.41) is 1.86. The van der Waals surface area contributed by atoms with Gasteiger partial charge in [0.25, 0.3) is 0 Å². The number of ketones is 1. The lowest BCUT2D eigenvalue weighted by Crippen LogP contribution is -2.09. The standard InChI is InChI=1S/C14H14O3S/c1-18(16,17)10-9-14(15)13-8-4-6-11-5-2-3-7-12(11)13/h2-8H,9-10H2,1H3. The van der Waals surface area contributed by atoms with Crippen LogP contribution in [0.5, 0.6) is 0 Å². The minimum atomic E-state index is -3.10. The van der Waals surface area contributed by atoms with E-state index >= 15 is 0 Å². The van der Waals surface area contributed by atoms with Crippen LogP contribution in [0.1, 0.15) is 16.8 Å². The van der Waals surface area contributed by atoms with Crippen molar-refractivity contribution in [2.24, 2.45) is 0 Å². The molecule has 2 rings (SSSR count). The molecule has 0 radical (unpaired) electrons. The van der Waals surface area contributed by atoms with Gasteiger partial charge in [-0.1, -0.05) is 42.5 Å². The van der Waals surface area contributed by atoms with Crippen molar-refractivity contribution >= 4 is 26.4 Å². The summed E-state index contributed by atoms with van der Waals surface area (Å²) >= 11 is 0. The highest BCUT2D eigenvalue weighted by Gasteiger charge is 2.12. The molecule has 2 aromatic carbocycles. The first-order valence-electron chi connectivity index (χ1n) is 5.66. The van der Waals surface area contributed by atoms with Crippen LogP contribution in [0.4, 0.5) is 0 Å². The predicted octanol–water partition coefficient (Wildman–Crippen LogP) is 2.46. The van der Waals surface area contributed by atoms with Gasteiger partial charge < -0.3 is 0 Å². The molecule has 0 unspecified atom stereocenters. The molecule has 0 amide bonds. The zero-order valence-electron chi connectivity index (χ0n) is 10.1. The molecule has 0 aliphatic carbocycles. The van der Waals surface area contributed by atoms with E-state index in [9.17, 15) is 13.2 Å². The number of hydrogen-bond donors (Lipinski definition) is 0. The highest BCUT2D eigenvalue weighted by atomic mass is 32.2. The molecule has 3 nitrogen and oxygen atoms in total. The Balaban J connectivity index is 2.34. The number of rotatable bonds is 4. The molecule has 0 atom stereocenters. The number of carbonyl (C=O) groups excluding carboxylic acids is 1. The van der Waals surface area contributed by atoms with Crippen LogP contribution >= 0.6 is 0 Å². The summed E-state index contributed by atoms with van der Waals surface area (Å²) in [5.41, 5.74) is 0.594. The van der Waals surface area contributed by atoms with Gasteiger partial charge in [-0.3, -0.25) is 4.79 Å². The van der Waals surface area contributed by atoms with E-state index in [2.05, 4.69) is 0 Å². The van der Waals surface area contributed by atoms with Crippen molar-refractivity contribution in [3.8, 4) is 0 Å². The molecule has 0 fully saturated rings. The maximum atomic E-state index is 12.0. The summed E-state index contributed by atoms with van der Waals surface area (Å²) in [6, 6.07) is 13.1. The Hall–Kier alpha value is -1.68. The molecule has 0 spiro atoms. The van der Waals surface area contributed by atoms with Crippen molar-refractivity contribution in [3.63, 3.8) is 0 Å². The van der Waals surface area contributed by atoms with E-state index in [-0.39, 0.29) is 18.0 Å². The molecule has 94 valence electrons. The smallest absolute Gasteiger partial charge is 0.164 e. The molecule has 0 saturated heterocycles. The van der Waals surface area contributed by atoms with Gasteiger partial charge in [0.1, 0.15) is 9.84 Å². The highest BCUT2D eigenvalue weighted by Crippen LogP contribution is 2.19. The van der Waals surface area contributed by atoms with Gasteiger partial charge in [-0.2, -0.15) is 0 Å². The lowest BCUT2D eigenvalue weighted by atomic mass is 10.0. The first kappa shape index (κ1) is 12.8. The Morgan fingerprint density at radius 1 is 1.06 bits per heavy atom. The van der Waals surface area contributed by atoms with Crippen molar-refractivity contribution in [1.29, 1.82) is 0 Å². The summed E-state index contributed by atoms with van der Waals surface area (Å²) in [6.45, 7) is 0. The number of fused-ring (bicyclic) bond motifs is 1. The minimum Gasteiger partial charge on any atom is -0.294 e. The number of Topliss-reactive ketones (excluding diaryl/α,β-unsaturated/α-hetero) is 1. The fraction of sp³-hybridized carbons (Fsp3) is 0.214. The predicted molar refractivity (Wildman–Crippen MR) is 72.6 cm³/mol. The van der Waals surface area contributed by atoms with Gasteiger partial charge in [0.15, 0.2) is 5.78 Å². The van der Waals surface area contributed by atoms with Gasteiger partial charge in [-0.25, -0.2) is 8.42 Å². The quantitative estimate of drug-likeness (QED) is 0.795. The molecule has 0 saturated carbocycles. The van der Waals surface area contributed by atoms with E-state index in [1.54, 1.807) is 6.07 Å². The second-order valence-corrected chi connectivity index (χ2v) is 6.59. The Morgan fingerprint density at radius 3 is 2.44 bits per heavy atom. The highest BCUT2D eigenvalue weighted by molar-refractivity contribution is 7.90. The number of hydrogen-bond acceptors (Lipinski definition) is 3. The molecule has 0 bridgehead atoms. The normalized spacial score (nSPS) is 11.6. The fourth-order valence-corrected chi connectivity index (χ4v) is 2.44. The topological polar surface area (TPSA) is 51.2 Å². The van der Waals surface area contributed by atoms with E-state index in [4.69, 9.17) is 0 Å². The maximum absolute atomic E-state index is 12.0. The molecular weight excluding hydrogens is 248 g/mol. The van der Waals surface area contributed by atoms with Crippen LogP contribution < -0.4 is 0 Å². The molecule has 0 aliphatic heterocycles. The summed E-state index contributed by atoms with van der Waals surface area (Å²) in [7, 11) is -3.10. The Kier molecular flexibility index (Phi) is 3.48. The second-order valence-electron chi connectivity index (χ2n) is 4.33. The van der Waals surface area contributed by atoms with E-state index < -0.39 is 9.84 Å². The van der Waals surface area contributed by atoms with Gasteiger partial charge in [0.2, 0.25) is 0 Å². The number of benzene rings is 2. The summed E-state index contributed by atoms with van der Waals surface area (Å²) in [4.78, 5) is 12.0. The third-order valence-electron chi connectivity index (χ3n) is 2.79. The molecule has 0 N–H and O–H groups in total. The van der Waals surface area contributed by atoms with Crippen molar-refractivity contribution in [2.75, 3.05) is 12.0 Å². The van der Waals surface area contributed by atoms with Crippen molar-refractivity contribution in [3.05, 3.63) is 48.0 Å². The minimum absolute atomic E-state index is 0.0346. The third-order valence-corrected chi connectivity index (χ3v) is 3.74. The van der Waals surface area contributed by atoms with Crippen molar-refractivity contribution < 1.29 is 13.2 Å². The van der Waals surface area contributed by atoms with Crippen LogP contribution in [-0.4, -0.2) is 26.2 Å². The van der Waals surface area contributed by atoms with Gasteiger partial charge in [-0.05, 0) is 10.8 Å². The van der Waals surface area contributed by atoms with E-state index in [1.807, 2.05) is 36.4 Å². The average Bonchev–Trinajstić information content (AvgIpc) is 2.34. The fourth-order valence-electron chi connectivity index (χ4n) is 1.88. The van der Waals surface area contributed by atoms with Gasteiger partial charge in [0.05, 0.1) is 5.75 Å². The van der Waals surface area contributed by atoms with Crippen LogP contribution in [-0.2, 0) is 9.84 Å². The first-order valence-corrected chi connectivity index (χ1v) is 7.72. The largest absolute Gasteiger partial charge is 0.294 e. The molecule has 0 aromatic heterocycles. The lowest BCUT2D eigenvalue weighted by Gasteiger charge is -2.05. The van der Waals surface area contributed by atoms with E-state index in [1.165, 1.54) is 0 Å². The molecular formula is C14H14O3S. The monoisotopic (exact) mass is 262 g/mol. The average molecular weight is 262 g/mol. The van der Waals surface area contributed by atoms with Crippen molar-refractivity contribution in [1.82, 2.24) is 0 Å². The lowest BCUT2D eigenvalue weighted by molar-refractivity contribution is 0.0990. The zero-order chi connectivity index (χ0) is 13.2. The first-order chi connectivity index (χ1) is 8.47. The Labute approximate surface area is 106 Å². The van der Waals surface area contributed by atoms with Gasteiger partial charge >= 0.3 is 0 Å². The second kappa shape index (κ2) is 4.90. The number of sulfone groups is 1. The van der Waals surface area contributed by atoms with Crippen LogP contribution in [0.3, 0.4) is 0 Å². The van der Waals surface area contributed by atoms with E-state index in [0.29, 0.717) is 5.56 Å². The van der Waals surface area contributed by atoms with Crippen LogP contribution in [0.2, 0.25) is 0 Å². The third kappa shape index (κ3) is 2.96. The molecule has 4 heteroatoms. The van der Waals surface area contributed by atoms with Crippen LogP contribution in [0.25, 0.3) is 10.8 Å². The summed E-state index contributed by atoms with van der Waals surface area (Å²) in [5.74, 6) is -0.230. The van der Waals surface area contributed by atoms with Gasteiger partial charge in [-0.15, -0.1) is 0 Å². The summed E-state index contributed by atoms with van der Waals surface area (Å²) < 4.78 is 22.2. The molecule has 2 aromatic rings. The molecule has 18 heavy (non-hydrogen) atoms. The molecule has 0 heterocycles. The summed E-state index contributed by atoms with van der Waals surface area (Å²) in [6.07, 6.45) is 1.18. The maximum Gasteiger partial charge on any atom is 0.164 e. The van der Waals surface area contributed by atoms with Gasteiger partial charge in [0, 0.05) is 18.2 Å². The van der Waals surface area contributed by atoms with Crippen LogP contribution in [0, 0.1) is 0 Å². The SMILES string of the molecule is CS(=O)(=O)CCC(=O)c1cccc2ccccc12. The molecule has 0 aliphatic rings. The Morgan fingerprint density at radius 2 is 1.72 bits per heavy atom. The number of carbonyl (C=O) groups is 1. The van der Waals surface area contributed by atoms with Crippen molar-refractivity contribution in [2.45, 2.75) is 6.42 Å². The zero-order valence-corrected chi connectivity index (χ0v) is 10.9. The Bertz CT molecular complexity index is 682.